The van der Waals surface area contributed by atoms with Gasteiger partial charge in [0.2, 0.25) is 0 Å². The van der Waals surface area contributed by atoms with Crippen LogP contribution in [0.2, 0.25) is 0 Å². The van der Waals surface area contributed by atoms with Gasteiger partial charge in [-0.1, -0.05) is 32.0 Å². The number of para-hydroxylation sites is 1. The van der Waals surface area contributed by atoms with Gasteiger partial charge in [0, 0.05) is 0 Å². The summed E-state index contributed by atoms with van der Waals surface area (Å²) < 4.78 is 9.81. The third-order valence-electron chi connectivity index (χ3n) is 2.00. The van der Waals surface area contributed by atoms with Gasteiger partial charge in [0.05, 0.1) is 6.61 Å². The molecule has 0 radical (unpaired) electrons. The highest BCUT2D eigenvalue weighted by Crippen LogP contribution is 2.25. The summed E-state index contributed by atoms with van der Waals surface area (Å²) in [6.07, 6.45) is -0.648. The zero-order valence-electron chi connectivity index (χ0n) is 9.32. The monoisotopic (exact) mass is 208 g/mol. The summed E-state index contributed by atoms with van der Waals surface area (Å²) in [6.45, 7) is 6.17. The smallest absolute Gasteiger partial charge is 0.434 e. The van der Waals surface area contributed by atoms with Crippen LogP contribution in [0.25, 0.3) is 0 Å². The van der Waals surface area contributed by atoms with E-state index in [2.05, 4.69) is 0 Å². The first kappa shape index (κ1) is 11.6. The van der Waals surface area contributed by atoms with Crippen LogP contribution in [0.5, 0.6) is 5.75 Å². The standard InChI is InChI=1S/C12H16O3/c1-4-14-12(13)15-11-8-6-5-7-10(11)9(2)3/h5-9H,4H2,1-3H3. The lowest BCUT2D eigenvalue weighted by Crippen LogP contribution is -2.11. The van der Waals surface area contributed by atoms with Crippen molar-refractivity contribution < 1.29 is 14.3 Å². The van der Waals surface area contributed by atoms with Crippen LogP contribution in [0.4, 0.5) is 4.79 Å². The Morgan fingerprint density at radius 2 is 2.00 bits per heavy atom. The van der Waals surface area contributed by atoms with Gasteiger partial charge in [0.15, 0.2) is 0 Å². The van der Waals surface area contributed by atoms with E-state index in [0.717, 1.165) is 5.56 Å². The Labute approximate surface area is 90.0 Å². The number of carbonyl (C=O) groups excluding carboxylic acids is 1. The Hall–Kier alpha value is -1.51. The van der Waals surface area contributed by atoms with Gasteiger partial charge < -0.3 is 9.47 Å². The molecule has 3 nitrogen and oxygen atoms in total. The van der Waals surface area contributed by atoms with Crippen molar-refractivity contribution in [3.8, 4) is 5.75 Å². The molecule has 0 spiro atoms. The highest BCUT2D eigenvalue weighted by molar-refractivity contribution is 5.64. The Kier molecular flexibility index (Phi) is 4.16. The normalized spacial score (nSPS) is 10.1. The zero-order chi connectivity index (χ0) is 11.3. The highest BCUT2D eigenvalue weighted by Gasteiger charge is 2.11. The molecule has 1 rings (SSSR count). The van der Waals surface area contributed by atoms with Crippen LogP contribution in [-0.4, -0.2) is 12.8 Å². The maximum Gasteiger partial charge on any atom is 0.513 e. The van der Waals surface area contributed by atoms with Crippen molar-refractivity contribution in [2.45, 2.75) is 26.7 Å². The largest absolute Gasteiger partial charge is 0.513 e. The van der Waals surface area contributed by atoms with E-state index in [0.29, 0.717) is 18.3 Å². The minimum absolute atomic E-state index is 0.315. The predicted molar refractivity (Wildman–Crippen MR) is 58.2 cm³/mol. The molecule has 0 aliphatic rings. The quantitative estimate of drug-likeness (QED) is 0.564. The molecule has 0 bridgehead atoms. The molecule has 3 heteroatoms. The summed E-state index contributed by atoms with van der Waals surface area (Å²) in [5.41, 5.74) is 1.01. The molecule has 0 heterocycles. The number of ether oxygens (including phenoxy) is 2. The molecule has 0 aliphatic carbocycles. The van der Waals surface area contributed by atoms with Crippen molar-refractivity contribution in [1.29, 1.82) is 0 Å². The highest BCUT2D eigenvalue weighted by atomic mass is 16.7. The average Bonchev–Trinajstić information content (AvgIpc) is 2.18. The maximum atomic E-state index is 11.1. The van der Waals surface area contributed by atoms with Crippen molar-refractivity contribution in [2.24, 2.45) is 0 Å². The SMILES string of the molecule is CCOC(=O)Oc1ccccc1C(C)C. The molecule has 0 fully saturated rings. The lowest BCUT2D eigenvalue weighted by molar-refractivity contribution is 0.104. The van der Waals surface area contributed by atoms with Crippen LogP contribution in [0.3, 0.4) is 0 Å². The van der Waals surface area contributed by atoms with Gasteiger partial charge in [-0.25, -0.2) is 4.79 Å². The summed E-state index contributed by atoms with van der Waals surface area (Å²) in [4.78, 5) is 11.1. The van der Waals surface area contributed by atoms with Gasteiger partial charge in [-0.05, 0) is 24.5 Å². The van der Waals surface area contributed by atoms with Crippen molar-refractivity contribution in [3.63, 3.8) is 0 Å². The van der Waals surface area contributed by atoms with Crippen LogP contribution in [0, 0.1) is 0 Å². The summed E-state index contributed by atoms with van der Waals surface area (Å²) in [5.74, 6) is 0.890. The molecule has 0 N–H and O–H groups in total. The summed E-state index contributed by atoms with van der Waals surface area (Å²) >= 11 is 0. The minimum Gasteiger partial charge on any atom is -0.434 e. The van der Waals surface area contributed by atoms with Gasteiger partial charge in [-0.15, -0.1) is 0 Å². The fraction of sp³-hybridized carbons (Fsp3) is 0.417. The number of rotatable bonds is 3. The molecule has 1 aromatic rings. The van der Waals surface area contributed by atoms with Crippen LogP contribution in [0.15, 0.2) is 24.3 Å². The fourth-order valence-electron chi connectivity index (χ4n) is 1.29. The Morgan fingerprint density at radius 1 is 1.33 bits per heavy atom. The van der Waals surface area contributed by atoms with Crippen LogP contribution < -0.4 is 4.74 Å². The van der Waals surface area contributed by atoms with Gasteiger partial charge >= 0.3 is 6.16 Å². The van der Waals surface area contributed by atoms with Crippen LogP contribution in [0.1, 0.15) is 32.3 Å². The van der Waals surface area contributed by atoms with Crippen LogP contribution >= 0.6 is 0 Å². The summed E-state index contributed by atoms with van der Waals surface area (Å²) in [5, 5.41) is 0. The van der Waals surface area contributed by atoms with Gasteiger partial charge in [-0.3, -0.25) is 0 Å². The molecule has 0 saturated carbocycles. The number of carbonyl (C=O) groups is 1. The lowest BCUT2D eigenvalue weighted by Gasteiger charge is -2.11. The van der Waals surface area contributed by atoms with Gasteiger partial charge in [-0.2, -0.15) is 0 Å². The van der Waals surface area contributed by atoms with Gasteiger partial charge in [0.25, 0.3) is 0 Å². The third-order valence-corrected chi connectivity index (χ3v) is 2.00. The lowest BCUT2D eigenvalue weighted by atomic mass is 10.0. The molecular weight excluding hydrogens is 192 g/mol. The second-order valence-electron chi connectivity index (χ2n) is 3.48. The zero-order valence-corrected chi connectivity index (χ0v) is 9.32. The van der Waals surface area contributed by atoms with E-state index in [1.807, 2.05) is 32.0 Å². The predicted octanol–water partition coefficient (Wildman–Crippen LogP) is 3.35. The van der Waals surface area contributed by atoms with Crippen molar-refractivity contribution >= 4 is 6.16 Å². The molecule has 0 aliphatic heterocycles. The molecule has 82 valence electrons. The Bertz CT molecular complexity index is 331. The average molecular weight is 208 g/mol. The Balaban J connectivity index is 2.80. The minimum atomic E-state index is -0.648. The molecule has 0 atom stereocenters. The molecule has 0 amide bonds. The number of hydrogen-bond donors (Lipinski definition) is 0. The Morgan fingerprint density at radius 3 is 2.60 bits per heavy atom. The van der Waals surface area contributed by atoms with E-state index < -0.39 is 6.16 Å². The number of benzene rings is 1. The van der Waals surface area contributed by atoms with E-state index in [-0.39, 0.29) is 0 Å². The van der Waals surface area contributed by atoms with E-state index in [1.54, 1.807) is 13.0 Å². The second-order valence-corrected chi connectivity index (χ2v) is 3.48. The molecule has 0 saturated heterocycles. The summed E-state index contributed by atoms with van der Waals surface area (Å²) in [6, 6.07) is 7.47. The first-order chi connectivity index (χ1) is 7.15. The second kappa shape index (κ2) is 5.39. The van der Waals surface area contributed by atoms with Crippen molar-refractivity contribution in [1.82, 2.24) is 0 Å². The fourth-order valence-corrected chi connectivity index (χ4v) is 1.29. The van der Waals surface area contributed by atoms with E-state index in [9.17, 15) is 4.79 Å². The molecule has 15 heavy (non-hydrogen) atoms. The first-order valence-electron chi connectivity index (χ1n) is 5.08. The van der Waals surface area contributed by atoms with Crippen molar-refractivity contribution in [3.05, 3.63) is 29.8 Å². The third kappa shape index (κ3) is 3.27. The van der Waals surface area contributed by atoms with Gasteiger partial charge in [0.1, 0.15) is 5.75 Å². The van der Waals surface area contributed by atoms with Crippen LogP contribution in [-0.2, 0) is 4.74 Å². The first-order valence-corrected chi connectivity index (χ1v) is 5.08. The van der Waals surface area contributed by atoms with E-state index in [1.165, 1.54) is 0 Å². The van der Waals surface area contributed by atoms with E-state index in [4.69, 9.17) is 9.47 Å². The van der Waals surface area contributed by atoms with E-state index >= 15 is 0 Å². The summed E-state index contributed by atoms with van der Waals surface area (Å²) in [7, 11) is 0. The number of hydrogen-bond acceptors (Lipinski definition) is 3. The molecular formula is C12H16O3. The topological polar surface area (TPSA) is 35.5 Å². The van der Waals surface area contributed by atoms with Crippen molar-refractivity contribution in [2.75, 3.05) is 6.61 Å². The molecule has 1 aromatic carbocycles. The molecule has 0 aromatic heterocycles. The molecule has 0 unspecified atom stereocenters. The maximum absolute atomic E-state index is 11.1.